The summed E-state index contributed by atoms with van der Waals surface area (Å²) in [5.41, 5.74) is -1.68. The van der Waals surface area contributed by atoms with Gasteiger partial charge in [-0.25, -0.2) is 4.39 Å². The fourth-order valence-corrected chi connectivity index (χ4v) is 1.04. The summed E-state index contributed by atoms with van der Waals surface area (Å²) in [5, 5.41) is 0. The van der Waals surface area contributed by atoms with Gasteiger partial charge >= 0.3 is 0 Å². The minimum Gasteiger partial charge on any atom is -0.346 e. The van der Waals surface area contributed by atoms with Gasteiger partial charge in [-0.3, -0.25) is 4.79 Å². The van der Waals surface area contributed by atoms with Crippen LogP contribution in [0.4, 0.5) is 4.39 Å². The lowest BCUT2D eigenvalue weighted by molar-refractivity contribution is -0.140. The second kappa shape index (κ2) is 3.69. The van der Waals surface area contributed by atoms with Crippen LogP contribution in [0, 0.1) is 0 Å². The van der Waals surface area contributed by atoms with Crippen LogP contribution in [-0.4, -0.2) is 30.6 Å². The summed E-state index contributed by atoms with van der Waals surface area (Å²) in [5.74, 6) is -0.445. The molecule has 2 nitrogen and oxygen atoms in total. The molecule has 3 heteroatoms. The zero-order chi connectivity index (χ0) is 9.07. The molecule has 0 aliphatic heterocycles. The van der Waals surface area contributed by atoms with Crippen molar-refractivity contribution in [3.05, 3.63) is 0 Å². The molecule has 0 aromatic rings. The van der Waals surface area contributed by atoms with Gasteiger partial charge in [0.2, 0.25) is 0 Å². The maximum atomic E-state index is 13.3. The van der Waals surface area contributed by atoms with Gasteiger partial charge in [0.05, 0.1) is 0 Å². The normalized spacial score (nSPS) is 15.7. The zero-order valence-electron chi connectivity index (χ0n) is 7.65. The van der Waals surface area contributed by atoms with Gasteiger partial charge in [0.15, 0.2) is 5.67 Å². The number of carbonyl (C=O) groups is 1. The molecule has 0 aliphatic carbocycles. The molecule has 0 fully saturated rings. The quantitative estimate of drug-likeness (QED) is 0.615. The van der Waals surface area contributed by atoms with Gasteiger partial charge < -0.3 is 4.90 Å². The summed E-state index contributed by atoms with van der Waals surface area (Å²) >= 11 is 0. The van der Waals surface area contributed by atoms with E-state index in [2.05, 4.69) is 0 Å². The highest BCUT2D eigenvalue weighted by Gasteiger charge is 2.32. The van der Waals surface area contributed by atoms with E-state index < -0.39 is 11.6 Å². The molecule has 1 atom stereocenters. The number of nitrogens with zero attached hydrogens (tertiary/aromatic N) is 1. The van der Waals surface area contributed by atoms with Crippen LogP contribution in [0.1, 0.15) is 26.7 Å². The number of rotatable bonds is 3. The first-order valence-electron chi connectivity index (χ1n) is 3.82. The standard InChI is InChI=1S/C8H16FNO/c1-5-6-8(2,9)7(11)10(3)4/h5-6H2,1-4H3. The van der Waals surface area contributed by atoms with Gasteiger partial charge in [-0.15, -0.1) is 0 Å². The molecule has 0 radical (unpaired) electrons. The molecule has 0 bridgehead atoms. The van der Waals surface area contributed by atoms with Crippen molar-refractivity contribution in [1.82, 2.24) is 4.90 Å². The minimum atomic E-state index is -1.68. The Kier molecular flexibility index (Phi) is 3.49. The molecule has 1 amide bonds. The average Bonchev–Trinajstić information content (AvgIpc) is 1.86. The van der Waals surface area contributed by atoms with Crippen molar-refractivity contribution in [2.24, 2.45) is 0 Å². The number of hydrogen-bond acceptors (Lipinski definition) is 1. The largest absolute Gasteiger partial charge is 0.346 e. The Hall–Kier alpha value is -0.600. The Labute approximate surface area is 67.4 Å². The number of halogens is 1. The Morgan fingerprint density at radius 3 is 2.27 bits per heavy atom. The van der Waals surface area contributed by atoms with Gasteiger partial charge in [0.1, 0.15) is 0 Å². The second-order valence-electron chi connectivity index (χ2n) is 3.15. The number of carbonyl (C=O) groups excluding carboxylic acids is 1. The number of amides is 1. The van der Waals surface area contributed by atoms with Gasteiger partial charge in [-0.2, -0.15) is 0 Å². The summed E-state index contributed by atoms with van der Waals surface area (Å²) in [6.45, 7) is 3.19. The van der Waals surface area contributed by atoms with Crippen molar-refractivity contribution in [2.45, 2.75) is 32.4 Å². The van der Waals surface area contributed by atoms with E-state index in [0.29, 0.717) is 12.8 Å². The Bertz CT molecular complexity index is 143. The van der Waals surface area contributed by atoms with E-state index in [-0.39, 0.29) is 0 Å². The van der Waals surface area contributed by atoms with Gasteiger partial charge in [-0.05, 0) is 13.3 Å². The molecule has 0 aromatic carbocycles. The van der Waals surface area contributed by atoms with Crippen molar-refractivity contribution in [3.8, 4) is 0 Å². The zero-order valence-corrected chi connectivity index (χ0v) is 7.65. The molecule has 0 aromatic heterocycles. The van der Waals surface area contributed by atoms with Crippen molar-refractivity contribution < 1.29 is 9.18 Å². The molecule has 11 heavy (non-hydrogen) atoms. The van der Waals surface area contributed by atoms with E-state index in [1.165, 1.54) is 11.8 Å². The van der Waals surface area contributed by atoms with E-state index >= 15 is 0 Å². The highest BCUT2D eigenvalue weighted by molar-refractivity contribution is 5.84. The first kappa shape index (κ1) is 10.4. The van der Waals surface area contributed by atoms with Crippen LogP contribution in [0.2, 0.25) is 0 Å². The molecule has 0 heterocycles. The summed E-state index contributed by atoms with van der Waals surface area (Å²) in [6, 6.07) is 0. The van der Waals surface area contributed by atoms with E-state index in [9.17, 15) is 9.18 Å². The summed E-state index contributed by atoms with van der Waals surface area (Å²) < 4.78 is 13.3. The summed E-state index contributed by atoms with van der Waals surface area (Å²) in [6.07, 6.45) is 0.983. The van der Waals surface area contributed by atoms with Crippen molar-refractivity contribution in [1.29, 1.82) is 0 Å². The second-order valence-corrected chi connectivity index (χ2v) is 3.15. The SMILES string of the molecule is CCCC(C)(F)C(=O)N(C)C. The van der Waals surface area contributed by atoms with Gasteiger partial charge in [0, 0.05) is 14.1 Å². The van der Waals surface area contributed by atoms with Crippen molar-refractivity contribution in [3.63, 3.8) is 0 Å². The molecule has 0 aliphatic rings. The van der Waals surface area contributed by atoms with Crippen LogP contribution in [0.15, 0.2) is 0 Å². The first-order valence-corrected chi connectivity index (χ1v) is 3.82. The highest BCUT2D eigenvalue weighted by atomic mass is 19.1. The lowest BCUT2D eigenvalue weighted by Gasteiger charge is -2.22. The minimum absolute atomic E-state index is 0.296. The summed E-state index contributed by atoms with van der Waals surface area (Å²) in [7, 11) is 3.13. The highest BCUT2D eigenvalue weighted by Crippen LogP contribution is 2.19. The summed E-state index contributed by atoms with van der Waals surface area (Å²) in [4.78, 5) is 12.4. The molecule has 0 saturated carbocycles. The Balaban J connectivity index is 4.17. The third-order valence-electron chi connectivity index (χ3n) is 1.57. The van der Waals surface area contributed by atoms with E-state index in [0.717, 1.165) is 0 Å². The van der Waals surface area contributed by atoms with Crippen LogP contribution in [0.3, 0.4) is 0 Å². The molecule has 0 saturated heterocycles. The van der Waals surface area contributed by atoms with E-state index in [1.807, 2.05) is 6.92 Å². The van der Waals surface area contributed by atoms with Gasteiger partial charge in [0.25, 0.3) is 5.91 Å². The first-order chi connectivity index (χ1) is 4.91. The van der Waals surface area contributed by atoms with Crippen LogP contribution in [-0.2, 0) is 4.79 Å². The van der Waals surface area contributed by atoms with Crippen LogP contribution >= 0.6 is 0 Å². The molecule has 0 rings (SSSR count). The monoisotopic (exact) mass is 161 g/mol. The number of alkyl halides is 1. The van der Waals surface area contributed by atoms with Crippen molar-refractivity contribution >= 4 is 5.91 Å². The lowest BCUT2D eigenvalue weighted by Crippen LogP contribution is -2.40. The van der Waals surface area contributed by atoms with E-state index in [4.69, 9.17) is 0 Å². The Morgan fingerprint density at radius 2 is 2.00 bits per heavy atom. The Morgan fingerprint density at radius 1 is 1.55 bits per heavy atom. The van der Waals surface area contributed by atoms with Crippen LogP contribution in [0.5, 0.6) is 0 Å². The molecular formula is C8H16FNO. The number of hydrogen-bond donors (Lipinski definition) is 0. The maximum Gasteiger partial charge on any atom is 0.259 e. The molecular weight excluding hydrogens is 145 g/mol. The lowest BCUT2D eigenvalue weighted by atomic mass is 10.0. The third kappa shape index (κ3) is 2.87. The van der Waals surface area contributed by atoms with Gasteiger partial charge in [-0.1, -0.05) is 13.3 Å². The third-order valence-corrected chi connectivity index (χ3v) is 1.57. The average molecular weight is 161 g/mol. The fourth-order valence-electron chi connectivity index (χ4n) is 1.04. The van der Waals surface area contributed by atoms with Crippen LogP contribution < -0.4 is 0 Å². The molecule has 0 N–H and O–H groups in total. The van der Waals surface area contributed by atoms with Crippen LogP contribution in [0.25, 0.3) is 0 Å². The van der Waals surface area contributed by atoms with Crippen molar-refractivity contribution in [2.75, 3.05) is 14.1 Å². The molecule has 66 valence electrons. The predicted octanol–water partition coefficient (Wildman–Crippen LogP) is 1.60. The van der Waals surface area contributed by atoms with E-state index in [1.54, 1.807) is 14.1 Å². The smallest absolute Gasteiger partial charge is 0.259 e. The topological polar surface area (TPSA) is 20.3 Å². The fraction of sp³-hybridized carbons (Fsp3) is 0.875. The predicted molar refractivity (Wildman–Crippen MR) is 43.1 cm³/mol. The molecule has 0 spiro atoms. The maximum absolute atomic E-state index is 13.3. The molecule has 1 unspecified atom stereocenters.